The highest BCUT2D eigenvalue weighted by Gasteiger charge is 2.30. The number of rotatable bonds is 17. The number of hydrogen-bond donors (Lipinski definition) is 5. The highest BCUT2D eigenvalue weighted by molar-refractivity contribution is 6.02. The second-order valence-electron chi connectivity index (χ2n) is 11.4. The normalized spacial score (nSPS) is 13.4. The number of amidine groups is 1. The number of carbonyl (C=O) groups excluding carboxylic acids is 3. The molecule has 0 aliphatic rings. The molecule has 0 radical (unpaired) electrons. The van der Waals surface area contributed by atoms with E-state index in [2.05, 4.69) is 15.6 Å². The van der Waals surface area contributed by atoms with Gasteiger partial charge in [0.25, 0.3) is 5.91 Å². The molecule has 3 rings (SSSR count). The number of ether oxygens (including phenoxy) is 2. The van der Waals surface area contributed by atoms with E-state index >= 15 is 0 Å². The lowest BCUT2D eigenvalue weighted by Crippen LogP contribution is -2.55. The van der Waals surface area contributed by atoms with Crippen molar-refractivity contribution in [2.75, 3.05) is 13.7 Å². The minimum atomic E-state index is -1.37. The SMILES string of the molecule is COc1ccc(C(=O)N=C(C)N)cc1CC(O)N[C@H](C(=O)NC(CC(=O)O)C(=O)COc1ccc(Cc2ccccc2)cc1)C(C)C. The van der Waals surface area contributed by atoms with Gasteiger partial charge in [-0.05, 0) is 66.3 Å². The first-order valence-corrected chi connectivity index (χ1v) is 15.1. The molecule has 0 fully saturated rings. The molecule has 0 saturated carbocycles. The first-order chi connectivity index (χ1) is 22.4. The first kappa shape index (κ1) is 36.4. The Labute approximate surface area is 274 Å². The second kappa shape index (κ2) is 17.6. The number of aliphatic hydroxyl groups is 1. The third-order valence-corrected chi connectivity index (χ3v) is 7.18. The molecule has 0 bridgehead atoms. The lowest BCUT2D eigenvalue weighted by Gasteiger charge is -2.27. The number of aliphatic carboxylic acids is 1. The van der Waals surface area contributed by atoms with Crippen LogP contribution < -0.4 is 25.8 Å². The summed E-state index contributed by atoms with van der Waals surface area (Å²) >= 11 is 0. The summed E-state index contributed by atoms with van der Waals surface area (Å²) in [6.45, 7) is 4.49. The molecular weight excluding hydrogens is 604 g/mol. The molecule has 250 valence electrons. The van der Waals surface area contributed by atoms with E-state index in [-0.39, 0.29) is 23.7 Å². The fourth-order valence-electron chi connectivity index (χ4n) is 4.81. The number of nitrogens with one attached hydrogen (secondary N) is 2. The van der Waals surface area contributed by atoms with Gasteiger partial charge in [-0.25, -0.2) is 0 Å². The maximum Gasteiger partial charge on any atom is 0.305 e. The molecule has 2 unspecified atom stereocenters. The van der Waals surface area contributed by atoms with Gasteiger partial charge in [-0.2, -0.15) is 4.99 Å². The predicted molar refractivity (Wildman–Crippen MR) is 176 cm³/mol. The lowest BCUT2D eigenvalue weighted by molar-refractivity contribution is -0.140. The van der Waals surface area contributed by atoms with Crippen molar-refractivity contribution in [1.82, 2.24) is 10.6 Å². The zero-order valence-corrected chi connectivity index (χ0v) is 26.9. The molecule has 0 aliphatic heterocycles. The molecule has 3 aromatic rings. The summed E-state index contributed by atoms with van der Waals surface area (Å²) in [7, 11) is 1.44. The molecule has 3 atom stereocenters. The number of carbonyl (C=O) groups is 4. The molecule has 12 nitrogen and oxygen atoms in total. The largest absolute Gasteiger partial charge is 0.496 e. The van der Waals surface area contributed by atoms with Gasteiger partial charge in [0, 0.05) is 12.0 Å². The topological polar surface area (TPSA) is 190 Å². The fraction of sp³-hybridized carbons (Fsp3) is 0.343. The summed E-state index contributed by atoms with van der Waals surface area (Å²) in [5.41, 5.74) is 8.43. The van der Waals surface area contributed by atoms with Crippen molar-refractivity contribution in [2.45, 2.75) is 58.3 Å². The van der Waals surface area contributed by atoms with E-state index in [1.54, 1.807) is 32.0 Å². The zero-order valence-electron chi connectivity index (χ0n) is 26.9. The van der Waals surface area contributed by atoms with E-state index in [0.717, 1.165) is 17.5 Å². The average molecular weight is 647 g/mol. The Balaban J connectivity index is 1.64. The summed E-state index contributed by atoms with van der Waals surface area (Å²) in [4.78, 5) is 54.1. The van der Waals surface area contributed by atoms with Crippen LogP contribution in [0, 0.1) is 5.92 Å². The van der Waals surface area contributed by atoms with Gasteiger partial charge in [-0.3, -0.25) is 24.5 Å². The van der Waals surface area contributed by atoms with Gasteiger partial charge in [-0.1, -0.05) is 56.3 Å². The van der Waals surface area contributed by atoms with Crippen LogP contribution >= 0.6 is 0 Å². The third-order valence-electron chi connectivity index (χ3n) is 7.18. The van der Waals surface area contributed by atoms with Gasteiger partial charge >= 0.3 is 5.97 Å². The maximum absolute atomic E-state index is 13.3. The van der Waals surface area contributed by atoms with E-state index < -0.39 is 54.9 Å². The number of benzene rings is 3. The molecule has 6 N–H and O–H groups in total. The molecule has 0 heterocycles. The minimum Gasteiger partial charge on any atom is -0.496 e. The molecule has 2 amide bonds. The van der Waals surface area contributed by atoms with E-state index in [1.165, 1.54) is 26.2 Å². The van der Waals surface area contributed by atoms with Crippen LogP contribution in [0.3, 0.4) is 0 Å². The Kier molecular flexibility index (Phi) is 13.6. The predicted octanol–water partition coefficient (Wildman–Crippen LogP) is 2.89. The zero-order chi connectivity index (χ0) is 34.5. The van der Waals surface area contributed by atoms with Crippen LogP contribution in [0.5, 0.6) is 11.5 Å². The summed E-state index contributed by atoms with van der Waals surface area (Å²) in [6, 6.07) is 19.4. The number of aliphatic hydroxyl groups excluding tert-OH is 1. The molecule has 0 saturated heterocycles. The van der Waals surface area contributed by atoms with Crippen molar-refractivity contribution in [3.05, 3.63) is 95.1 Å². The van der Waals surface area contributed by atoms with E-state index in [9.17, 15) is 29.4 Å². The first-order valence-electron chi connectivity index (χ1n) is 15.1. The molecule has 12 heteroatoms. The van der Waals surface area contributed by atoms with Gasteiger partial charge in [0.2, 0.25) is 5.91 Å². The fourth-order valence-corrected chi connectivity index (χ4v) is 4.81. The standard InChI is InChI=1S/C35H42N4O8/c1-21(2)33(39-31(41)18-26-17-25(12-15-30(26)46-4)34(44)37-22(3)36)35(45)38-28(19-32(42)43)29(40)20-47-27-13-10-24(11-14-27)16-23-8-6-5-7-9-23/h5-15,17,21,28,31,33,39,41H,16,18-20H2,1-4H3,(H,38,45)(H,42,43)(H2,36,37,44)/t28?,31?,33-/m0/s1. The number of aliphatic imine (C=N–C) groups is 1. The van der Waals surface area contributed by atoms with Crippen molar-refractivity contribution in [3.8, 4) is 11.5 Å². The van der Waals surface area contributed by atoms with Crippen molar-refractivity contribution in [3.63, 3.8) is 0 Å². The van der Waals surface area contributed by atoms with Crippen LogP contribution in [0.15, 0.2) is 77.8 Å². The summed E-state index contributed by atoms with van der Waals surface area (Å²) < 4.78 is 11.0. The van der Waals surface area contributed by atoms with Crippen LogP contribution in [0.1, 0.15) is 54.2 Å². The lowest BCUT2D eigenvalue weighted by atomic mass is 10.00. The summed E-state index contributed by atoms with van der Waals surface area (Å²) in [5, 5.41) is 25.7. The van der Waals surface area contributed by atoms with Gasteiger partial charge in [-0.15, -0.1) is 0 Å². The van der Waals surface area contributed by atoms with E-state index in [1.807, 2.05) is 42.5 Å². The molecule has 0 spiro atoms. The number of carboxylic acid groups (broad SMARTS) is 1. The number of nitrogens with zero attached hydrogens (tertiary/aromatic N) is 1. The van der Waals surface area contributed by atoms with Crippen LogP contribution in [0.2, 0.25) is 0 Å². The Morgan fingerprint density at radius 1 is 0.957 bits per heavy atom. The van der Waals surface area contributed by atoms with E-state index in [0.29, 0.717) is 17.1 Å². The van der Waals surface area contributed by atoms with Gasteiger partial charge in [0.15, 0.2) is 5.78 Å². The number of carboxylic acids is 1. The van der Waals surface area contributed by atoms with Crippen molar-refractivity contribution < 1.29 is 38.9 Å². The molecule has 0 aromatic heterocycles. The second-order valence-corrected chi connectivity index (χ2v) is 11.4. The third kappa shape index (κ3) is 11.7. The highest BCUT2D eigenvalue weighted by atomic mass is 16.5. The summed E-state index contributed by atoms with van der Waals surface area (Å²) in [5.74, 6) is -2.59. The van der Waals surface area contributed by atoms with Gasteiger partial charge < -0.3 is 30.7 Å². The molecule has 3 aromatic carbocycles. The molecule has 0 aliphatic carbocycles. The number of amides is 2. The van der Waals surface area contributed by atoms with Crippen LogP contribution in [0.4, 0.5) is 0 Å². The number of methoxy groups -OCH3 is 1. The number of hydrogen-bond acceptors (Lipinski definition) is 8. The number of Topliss-reactive ketones (excluding diaryl/α,β-unsaturated/α-hetero) is 1. The van der Waals surface area contributed by atoms with Crippen LogP contribution in [-0.2, 0) is 27.2 Å². The average Bonchev–Trinajstić information content (AvgIpc) is 3.02. The smallest absolute Gasteiger partial charge is 0.305 e. The Morgan fingerprint density at radius 3 is 2.21 bits per heavy atom. The van der Waals surface area contributed by atoms with Gasteiger partial charge in [0.1, 0.15) is 36.2 Å². The van der Waals surface area contributed by atoms with Crippen LogP contribution in [-0.4, -0.2) is 71.6 Å². The highest BCUT2D eigenvalue weighted by Crippen LogP contribution is 2.22. The quantitative estimate of drug-likeness (QED) is 0.0828. The van der Waals surface area contributed by atoms with E-state index in [4.69, 9.17) is 15.2 Å². The van der Waals surface area contributed by atoms with Crippen molar-refractivity contribution in [1.29, 1.82) is 0 Å². The minimum absolute atomic E-state index is 0.0540. The summed E-state index contributed by atoms with van der Waals surface area (Å²) in [6.07, 6.45) is -1.26. The number of ketones is 1. The van der Waals surface area contributed by atoms with Crippen LogP contribution in [0.25, 0.3) is 0 Å². The monoisotopic (exact) mass is 646 g/mol. The molecular formula is C35H42N4O8. The van der Waals surface area contributed by atoms with Crippen molar-refractivity contribution in [2.24, 2.45) is 16.6 Å². The van der Waals surface area contributed by atoms with Crippen molar-refractivity contribution >= 4 is 29.4 Å². The molecule has 47 heavy (non-hydrogen) atoms. The Bertz CT molecular complexity index is 1550. The number of nitrogens with two attached hydrogens (primary N) is 1. The Morgan fingerprint density at radius 2 is 1.62 bits per heavy atom. The Hall–Kier alpha value is -5.07. The maximum atomic E-state index is 13.3. The van der Waals surface area contributed by atoms with Gasteiger partial charge in [0.05, 0.1) is 19.6 Å².